The van der Waals surface area contributed by atoms with Gasteiger partial charge in [0.25, 0.3) is 11.5 Å². The minimum Gasteiger partial charge on any atom is -0.352 e. The number of nitrogens with one attached hydrogen (secondary N) is 1. The van der Waals surface area contributed by atoms with E-state index in [0.717, 1.165) is 37.5 Å². The second-order valence-corrected chi connectivity index (χ2v) is 6.29. The molecule has 0 aromatic carbocycles. The van der Waals surface area contributed by atoms with Crippen LogP contribution < -0.4 is 15.8 Å². The normalized spacial score (nSPS) is 15.2. The monoisotopic (exact) mass is 321 g/mol. The van der Waals surface area contributed by atoms with Gasteiger partial charge in [-0.2, -0.15) is 4.52 Å². The fourth-order valence-corrected chi connectivity index (χ4v) is 3.39. The van der Waals surface area contributed by atoms with E-state index in [1.54, 1.807) is 0 Å². The van der Waals surface area contributed by atoms with Crippen LogP contribution in [0, 0.1) is 0 Å². The van der Waals surface area contributed by atoms with Gasteiger partial charge < -0.3 is 10.2 Å². The molecule has 3 rings (SSSR count). The van der Waals surface area contributed by atoms with Crippen molar-refractivity contribution in [3.63, 3.8) is 0 Å². The molecule has 2 aromatic rings. The molecule has 0 spiro atoms. The van der Waals surface area contributed by atoms with Gasteiger partial charge in [-0.05, 0) is 25.7 Å². The molecule has 0 bridgehead atoms. The first-order chi connectivity index (χ1) is 10.7. The van der Waals surface area contributed by atoms with Crippen molar-refractivity contribution >= 4 is 27.3 Å². The Hall–Kier alpha value is -1.96. The van der Waals surface area contributed by atoms with Crippen LogP contribution in [0.3, 0.4) is 0 Å². The maximum Gasteiger partial charge on any atom is 0.288 e. The zero-order valence-corrected chi connectivity index (χ0v) is 13.4. The molecule has 2 aromatic heterocycles. The van der Waals surface area contributed by atoms with Gasteiger partial charge in [-0.1, -0.05) is 18.3 Å². The highest BCUT2D eigenvalue weighted by Gasteiger charge is 2.19. The zero-order valence-electron chi connectivity index (χ0n) is 12.5. The van der Waals surface area contributed by atoms with Gasteiger partial charge in [-0.25, -0.2) is 4.98 Å². The van der Waals surface area contributed by atoms with Gasteiger partial charge in [0.05, 0.1) is 0 Å². The molecular formula is C14H19N5O2S. The topological polar surface area (TPSA) is 79.6 Å². The lowest BCUT2D eigenvalue weighted by Crippen LogP contribution is -2.32. The van der Waals surface area contributed by atoms with E-state index in [9.17, 15) is 9.59 Å². The SMILES string of the molecule is CCCNC(=O)c1cnc2sc(N3CCCCC3)nn2c1=O. The van der Waals surface area contributed by atoms with E-state index in [4.69, 9.17) is 0 Å². The average Bonchev–Trinajstić information content (AvgIpc) is 2.99. The summed E-state index contributed by atoms with van der Waals surface area (Å²) in [5.74, 6) is -0.388. The lowest BCUT2D eigenvalue weighted by atomic mass is 10.1. The van der Waals surface area contributed by atoms with Crippen molar-refractivity contribution in [3.8, 4) is 0 Å². The van der Waals surface area contributed by atoms with E-state index in [1.807, 2.05) is 6.92 Å². The van der Waals surface area contributed by atoms with Crippen molar-refractivity contribution in [2.75, 3.05) is 24.5 Å². The summed E-state index contributed by atoms with van der Waals surface area (Å²) >= 11 is 1.39. The van der Waals surface area contributed by atoms with Crippen LogP contribution >= 0.6 is 11.3 Å². The largest absolute Gasteiger partial charge is 0.352 e. The number of hydrogen-bond acceptors (Lipinski definition) is 6. The summed E-state index contributed by atoms with van der Waals surface area (Å²) in [6.07, 6.45) is 5.69. The number of hydrogen-bond donors (Lipinski definition) is 1. The summed E-state index contributed by atoms with van der Waals surface area (Å²) in [5, 5.41) is 7.86. The third-order valence-corrected chi connectivity index (χ3v) is 4.67. The first-order valence-corrected chi connectivity index (χ1v) is 8.44. The summed E-state index contributed by atoms with van der Waals surface area (Å²) < 4.78 is 1.25. The third kappa shape index (κ3) is 2.83. The van der Waals surface area contributed by atoms with Crippen molar-refractivity contribution in [1.29, 1.82) is 0 Å². The second kappa shape index (κ2) is 6.43. The van der Waals surface area contributed by atoms with E-state index < -0.39 is 5.56 Å². The first kappa shape index (κ1) is 15.0. The summed E-state index contributed by atoms with van der Waals surface area (Å²) in [5.41, 5.74) is -0.362. The average molecular weight is 321 g/mol. The Kier molecular flexibility index (Phi) is 4.37. The van der Waals surface area contributed by atoms with E-state index in [0.29, 0.717) is 11.5 Å². The van der Waals surface area contributed by atoms with Crippen LogP contribution in [0.4, 0.5) is 5.13 Å². The van der Waals surface area contributed by atoms with Crippen LogP contribution in [0.2, 0.25) is 0 Å². The summed E-state index contributed by atoms with van der Waals surface area (Å²) in [6, 6.07) is 0. The lowest BCUT2D eigenvalue weighted by Gasteiger charge is -2.25. The van der Waals surface area contributed by atoms with Crippen LogP contribution in [0.1, 0.15) is 43.0 Å². The van der Waals surface area contributed by atoms with Crippen molar-refractivity contribution in [1.82, 2.24) is 19.9 Å². The Labute approximate surface area is 132 Å². The molecule has 0 unspecified atom stereocenters. The van der Waals surface area contributed by atoms with Gasteiger partial charge in [-0.3, -0.25) is 9.59 Å². The van der Waals surface area contributed by atoms with Crippen LogP contribution in [0.5, 0.6) is 0 Å². The van der Waals surface area contributed by atoms with Gasteiger partial charge in [0, 0.05) is 25.8 Å². The molecule has 0 atom stereocenters. The fourth-order valence-electron chi connectivity index (χ4n) is 2.48. The van der Waals surface area contributed by atoms with Crippen molar-refractivity contribution < 1.29 is 4.79 Å². The lowest BCUT2D eigenvalue weighted by molar-refractivity contribution is 0.0951. The predicted octanol–water partition coefficient (Wildman–Crippen LogP) is 1.28. The van der Waals surface area contributed by atoms with E-state index in [-0.39, 0.29) is 11.5 Å². The molecule has 22 heavy (non-hydrogen) atoms. The molecule has 1 saturated heterocycles. The Bertz CT molecular complexity index is 732. The quantitative estimate of drug-likeness (QED) is 0.917. The summed E-state index contributed by atoms with van der Waals surface area (Å²) in [6.45, 7) is 4.41. The maximum atomic E-state index is 12.4. The molecule has 118 valence electrons. The number of fused-ring (bicyclic) bond motifs is 1. The molecule has 3 heterocycles. The second-order valence-electron chi connectivity index (χ2n) is 5.36. The van der Waals surface area contributed by atoms with Gasteiger partial charge in [0.2, 0.25) is 10.1 Å². The maximum absolute atomic E-state index is 12.4. The smallest absolute Gasteiger partial charge is 0.288 e. The van der Waals surface area contributed by atoms with Gasteiger partial charge in [0.1, 0.15) is 5.56 Å². The number of carbonyl (C=O) groups is 1. The number of piperidine rings is 1. The van der Waals surface area contributed by atoms with Crippen molar-refractivity contribution in [2.45, 2.75) is 32.6 Å². The molecule has 1 N–H and O–H groups in total. The number of carbonyl (C=O) groups excluding carboxylic acids is 1. The summed E-state index contributed by atoms with van der Waals surface area (Å²) in [4.78, 5) is 31.3. The van der Waals surface area contributed by atoms with Gasteiger partial charge in [-0.15, -0.1) is 5.10 Å². The molecule has 1 amide bonds. The van der Waals surface area contributed by atoms with Gasteiger partial charge >= 0.3 is 0 Å². The highest BCUT2D eigenvalue weighted by Crippen LogP contribution is 2.24. The highest BCUT2D eigenvalue weighted by molar-refractivity contribution is 7.20. The van der Waals surface area contributed by atoms with E-state index in [1.165, 1.54) is 28.5 Å². The summed E-state index contributed by atoms with van der Waals surface area (Å²) in [7, 11) is 0. The molecule has 8 heteroatoms. The molecule has 0 aliphatic carbocycles. The first-order valence-electron chi connectivity index (χ1n) is 7.62. The number of aromatic nitrogens is 3. The third-order valence-electron chi connectivity index (χ3n) is 3.68. The van der Waals surface area contributed by atoms with Crippen molar-refractivity contribution in [3.05, 3.63) is 22.1 Å². The van der Waals surface area contributed by atoms with Crippen LogP contribution in [-0.2, 0) is 0 Å². The van der Waals surface area contributed by atoms with Gasteiger partial charge in [0.15, 0.2) is 0 Å². The van der Waals surface area contributed by atoms with Crippen molar-refractivity contribution in [2.24, 2.45) is 0 Å². The fraction of sp³-hybridized carbons (Fsp3) is 0.571. The molecular weight excluding hydrogens is 302 g/mol. The Morgan fingerprint density at radius 3 is 2.86 bits per heavy atom. The Morgan fingerprint density at radius 1 is 1.36 bits per heavy atom. The number of amides is 1. The minimum atomic E-state index is -0.405. The minimum absolute atomic E-state index is 0.0430. The zero-order chi connectivity index (χ0) is 15.5. The number of rotatable bonds is 4. The number of nitrogens with zero attached hydrogens (tertiary/aromatic N) is 4. The predicted molar refractivity (Wildman–Crippen MR) is 85.8 cm³/mol. The van der Waals surface area contributed by atoms with E-state index >= 15 is 0 Å². The number of anilines is 1. The molecule has 0 radical (unpaired) electrons. The highest BCUT2D eigenvalue weighted by atomic mass is 32.1. The molecule has 1 aliphatic rings. The Balaban J connectivity index is 1.93. The van der Waals surface area contributed by atoms with Crippen LogP contribution in [0.15, 0.2) is 11.0 Å². The molecule has 0 saturated carbocycles. The van der Waals surface area contributed by atoms with E-state index in [2.05, 4.69) is 20.3 Å². The standard InChI is InChI=1S/C14H19N5O2S/c1-2-6-15-11(20)10-9-16-13-19(12(10)21)17-14(22-13)18-7-4-3-5-8-18/h9H,2-8H2,1H3,(H,15,20). The molecule has 1 aliphatic heterocycles. The molecule has 7 nitrogen and oxygen atoms in total. The Morgan fingerprint density at radius 2 is 2.14 bits per heavy atom. The van der Waals surface area contributed by atoms with Crippen LogP contribution in [0.25, 0.3) is 4.96 Å². The molecule has 1 fully saturated rings. The van der Waals surface area contributed by atoms with Crippen LogP contribution in [-0.4, -0.2) is 40.1 Å².